The molecule has 8 atom stereocenters. The lowest BCUT2D eigenvalue weighted by molar-refractivity contribution is -0.166. The summed E-state index contributed by atoms with van der Waals surface area (Å²) in [7, 11) is 0. The lowest BCUT2D eigenvalue weighted by Crippen LogP contribution is -2.53. The van der Waals surface area contributed by atoms with Crippen molar-refractivity contribution < 1.29 is 14.3 Å². The van der Waals surface area contributed by atoms with E-state index in [-0.39, 0.29) is 17.0 Å². The smallest absolute Gasteiger partial charge is 0.306 e. The van der Waals surface area contributed by atoms with Crippen LogP contribution in [-0.2, 0) is 14.3 Å². The van der Waals surface area contributed by atoms with Gasteiger partial charge in [0.05, 0.1) is 0 Å². The lowest BCUT2D eigenvalue weighted by atomic mass is 9.50. The molecule has 0 aromatic rings. The maximum absolute atomic E-state index is 12.0. The van der Waals surface area contributed by atoms with Gasteiger partial charge in [-0.15, -0.1) is 0 Å². The van der Waals surface area contributed by atoms with Crippen molar-refractivity contribution in [2.45, 2.75) is 70.3 Å². The number of rotatable bonds is 0. The second-order valence-corrected chi connectivity index (χ2v) is 10.1. The molecule has 25 heavy (non-hydrogen) atoms. The molecule has 0 N–H and O–H groups in total. The molecule has 6 aliphatic rings. The molecule has 3 nitrogen and oxygen atoms in total. The van der Waals surface area contributed by atoms with Gasteiger partial charge < -0.3 is 4.74 Å². The standard InChI is InChI=1S/C22H28O3/c1-21-7-4-14-13-3-2-12(23)10-15(13)16-11-17(16)20(14)18(21)5-8-22(21)9-6-19(24)25-22/h10,13-14,16-18,20H,2-9,11H2,1H3/t13-,14?,16?,17?,18?,20?,21+,22-/m1/s1. The second kappa shape index (κ2) is 4.58. The van der Waals surface area contributed by atoms with Gasteiger partial charge in [0.1, 0.15) is 5.60 Å². The molecule has 0 bridgehead atoms. The third-order valence-electron chi connectivity index (χ3n) is 9.45. The van der Waals surface area contributed by atoms with Gasteiger partial charge >= 0.3 is 5.97 Å². The van der Waals surface area contributed by atoms with Gasteiger partial charge in [0.2, 0.25) is 0 Å². The van der Waals surface area contributed by atoms with Crippen LogP contribution >= 0.6 is 0 Å². The Balaban J connectivity index is 1.37. The summed E-state index contributed by atoms with van der Waals surface area (Å²) in [6.45, 7) is 2.45. The first-order chi connectivity index (χ1) is 12.0. The van der Waals surface area contributed by atoms with Crippen LogP contribution in [0.4, 0.5) is 0 Å². The Labute approximate surface area is 149 Å². The van der Waals surface area contributed by atoms with Gasteiger partial charge in [0.25, 0.3) is 0 Å². The molecule has 0 aromatic carbocycles. The fraction of sp³-hybridized carbons (Fsp3) is 0.818. The van der Waals surface area contributed by atoms with Crippen molar-refractivity contribution in [3.8, 4) is 0 Å². The highest BCUT2D eigenvalue weighted by atomic mass is 16.6. The van der Waals surface area contributed by atoms with Crippen LogP contribution in [0.15, 0.2) is 11.6 Å². The number of carbonyl (C=O) groups excluding carboxylic acids is 2. The Hall–Kier alpha value is -1.12. The molecule has 5 aliphatic carbocycles. The van der Waals surface area contributed by atoms with Crippen molar-refractivity contribution in [2.24, 2.45) is 40.9 Å². The van der Waals surface area contributed by atoms with Gasteiger partial charge in [0.15, 0.2) is 5.78 Å². The Kier molecular flexibility index (Phi) is 2.75. The van der Waals surface area contributed by atoms with Gasteiger partial charge in [0, 0.05) is 18.3 Å². The topological polar surface area (TPSA) is 43.4 Å². The first-order valence-corrected chi connectivity index (χ1v) is 10.5. The normalized spacial score (nSPS) is 55.8. The summed E-state index contributed by atoms with van der Waals surface area (Å²) in [5.74, 6) is 4.94. The number of ketones is 1. The van der Waals surface area contributed by atoms with E-state index in [9.17, 15) is 9.59 Å². The fourth-order valence-electron chi connectivity index (χ4n) is 8.30. The van der Waals surface area contributed by atoms with E-state index in [1.54, 1.807) is 0 Å². The molecule has 1 saturated heterocycles. The largest absolute Gasteiger partial charge is 0.458 e. The Morgan fingerprint density at radius 3 is 2.68 bits per heavy atom. The highest BCUT2D eigenvalue weighted by Gasteiger charge is 2.69. The molecule has 0 radical (unpaired) electrons. The van der Waals surface area contributed by atoms with Gasteiger partial charge in [-0.1, -0.05) is 12.5 Å². The second-order valence-electron chi connectivity index (χ2n) is 10.1. The van der Waals surface area contributed by atoms with Gasteiger partial charge in [-0.05, 0) is 86.5 Å². The average Bonchev–Trinajstić information content (AvgIpc) is 3.23. The Bertz CT molecular complexity index is 708. The third-order valence-corrected chi connectivity index (χ3v) is 9.45. The van der Waals surface area contributed by atoms with Crippen LogP contribution in [-0.4, -0.2) is 17.4 Å². The predicted octanol–water partition coefficient (Wildman–Crippen LogP) is 4.06. The molecular formula is C22H28O3. The van der Waals surface area contributed by atoms with E-state index in [0.717, 1.165) is 49.4 Å². The molecule has 4 saturated carbocycles. The van der Waals surface area contributed by atoms with Crippen LogP contribution in [0, 0.1) is 40.9 Å². The van der Waals surface area contributed by atoms with E-state index in [4.69, 9.17) is 4.74 Å². The first-order valence-electron chi connectivity index (χ1n) is 10.5. The number of carbonyl (C=O) groups is 2. The zero-order chi connectivity index (χ0) is 17.0. The summed E-state index contributed by atoms with van der Waals surface area (Å²) in [5.41, 5.74) is 1.58. The van der Waals surface area contributed by atoms with E-state index in [1.807, 2.05) is 6.08 Å². The summed E-state index contributed by atoms with van der Waals surface area (Å²) in [6.07, 6.45) is 11.6. The molecule has 1 aliphatic heterocycles. The van der Waals surface area contributed by atoms with Gasteiger partial charge in [-0.3, -0.25) is 9.59 Å². The SMILES string of the molecule is C[C@]12CCC3C(C4CC4C4=CC(=O)CC[C@@H]43)C1CC[C@@]21CCC(=O)O1. The number of hydrogen-bond donors (Lipinski definition) is 0. The minimum atomic E-state index is -0.150. The molecule has 1 spiro atoms. The average molecular weight is 340 g/mol. The zero-order valence-electron chi connectivity index (χ0n) is 15.1. The predicted molar refractivity (Wildman–Crippen MR) is 92.5 cm³/mol. The van der Waals surface area contributed by atoms with Crippen LogP contribution in [0.3, 0.4) is 0 Å². The van der Waals surface area contributed by atoms with Crippen LogP contribution in [0.5, 0.6) is 0 Å². The Morgan fingerprint density at radius 2 is 1.88 bits per heavy atom. The van der Waals surface area contributed by atoms with Crippen molar-refractivity contribution >= 4 is 11.8 Å². The fourth-order valence-corrected chi connectivity index (χ4v) is 8.30. The molecule has 5 unspecified atom stereocenters. The van der Waals surface area contributed by atoms with Crippen LogP contribution in [0.2, 0.25) is 0 Å². The lowest BCUT2D eigenvalue weighted by Gasteiger charge is -2.55. The molecule has 0 aromatic heterocycles. The van der Waals surface area contributed by atoms with E-state index in [2.05, 4.69) is 6.92 Å². The van der Waals surface area contributed by atoms with E-state index in [0.29, 0.717) is 24.0 Å². The van der Waals surface area contributed by atoms with Gasteiger partial charge in [-0.2, -0.15) is 0 Å². The molecule has 0 amide bonds. The zero-order valence-corrected chi connectivity index (χ0v) is 15.1. The number of hydrogen-bond acceptors (Lipinski definition) is 3. The van der Waals surface area contributed by atoms with E-state index >= 15 is 0 Å². The summed E-state index contributed by atoms with van der Waals surface area (Å²) in [5, 5.41) is 0. The summed E-state index contributed by atoms with van der Waals surface area (Å²) >= 11 is 0. The summed E-state index contributed by atoms with van der Waals surface area (Å²) in [4.78, 5) is 23.9. The minimum Gasteiger partial charge on any atom is -0.458 e. The molecule has 5 fully saturated rings. The highest BCUT2D eigenvalue weighted by molar-refractivity contribution is 5.91. The number of fused-ring (bicyclic) bond motifs is 9. The van der Waals surface area contributed by atoms with Crippen molar-refractivity contribution in [3.63, 3.8) is 0 Å². The molecule has 6 rings (SSSR count). The molecule has 134 valence electrons. The quantitative estimate of drug-likeness (QED) is 0.625. The number of esters is 1. The first kappa shape index (κ1) is 15.0. The third kappa shape index (κ3) is 1.73. The number of allylic oxidation sites excluding steroid dienone is 1. The highest BCUT2D eigenvalue weighted by Crippen LogP contribution is 2.73. The maximum atomic E-state index is 12.0. The maximum Gasteiger partial charge on any atom is 0.306 e. The van der Waals surface area contributed by atoms with Crippen molar-refractivity contribution in [1.82, 2.24) is 0 Å². The molecule has 1 heterocycles. The molecular weight excluding hydrogens is 312 g/mol. The van der Waals surface area contributed by atoms with Gasteiger partial charge in [-0.25, -0.2) is 0 Å². The molecule has 3 heteroatoms. The van der Waals surface area contributed by atoms with E-state index < -0.39 is 0 Å². The van der Waals surface area contributed by atoms with Crippen molar-refractivity contribution in [3.05, 3.63) is 11.6 Å². The van der Waals surface area contributed by atoms with E-state index in [1.165, 1.54) is 31.3 Å². The Morgan fingerprint density at radius 1 is 1.00 bits per heavy atom. The minimum absolute atomic E-state index is 0.0351. The summed E-state index contributed by atoms with van der Waals surface area (Å²) < 4.78 is 6.04. The van der Waals surface area contributed by atoms with Crippen LogP contribution in [0.25, 0.3) is 0 Å². The van der Waals surface area contributed by atoms with Crippen molar-refractivity contribution in [1.29, 1.82) is 0 Å². The summed E-state index contributed by atoms with van der Waals surface area (Å²) in [6, 6.07) is 0. The monoisotopic (exact) mass is 340 g/mol. The van der Waals surface area contributed by atoms with Crippen molar-refractivity contribution in [2.75, 3.05) is 0 Å². The number of ether oxygens (including phenoxy) is 1. The van der Waals surface area contributed by atoms with Crippen LogP contribution in [0.1, 0.15) is 64.7 Å². The van der Waals surface area contributed by atoms with Crippen LogP contribution < -0.4 is 0 Å².